The lowest BCUT2D eigenvalue weighted by molar-refractivity contribution is 0.443. The van der Waals surface area contributed by atoms with E-state index in [1.165, 1.54) is 16.7 Å². The maximum Gasteiger partial charge on any atom is 0.104 e. The molecule has 0 saturated carbocycles. The van der Waals surface area contributed by atoms with Crippen LogP contribution < -0.4 is 10.6 Å². The maximum absolute atomic E-state index is 5.62. The van der Waals surface area contributed by atoms with E-state index in [0.717, 1.165) is 72.7 Å². The molecule has 10 rings (SSSR count). The quantitative estimate of drug-likeness (QED) is 0.154. The van der Waals surface area contributed by atoms with E-state index in [-0.39, 0.29) is 12.2 Å². The van der Waals surface area contributed by atoms with E-state index in [4.69, 9.17) is 4.98 Å². The van der Waals surface area contributed by atoms with Gasteiger partial charge in [0.05, 0.1) is 17.4 Å². The molecule has 3 nitrogen and oxygen atoms in total. The van der Waals surface area contributed by atoms with Gasteiger partial charge in [0.15, 0.2) is 0 Å². The summed E-state index contributed by atoms with van der Waals surface area (Å²) >= 11 is 0. The van der Waals surface area contributed by atoms with Crippen molar-refractivity contribution in [1.29, 1.82) is 0 Å². The van der Waals surface area contributed by atoms with Gasteiger partial charge in [0.25, 0.3) is 0 Å². The lowest BCUT2D eigenvalue weighted by Crippen LogP contribution is -2.39. The smallest absolute Gasteiger partial charge is 0.104 e. The lowest BCUT2D eigenvalue weighted by atomic mass is 9.83. The van der Waals surface area contributed by atoms with Crippen LogP contribution in [0, 0.1) is 0 Å². The Kier molecular flexibility index (Phi) is 10.2. The lowest BCUT2D eigenvalue weighted by Gasteiger charge is -2.33. The minimum Gasteiger partial charge on any atom is -0.366 e. The second kappa shape index (κ2) is 16.7. The molecule has 286 valence electrons. The van der Waals surface area contributed by atoms with Crippen molar-refractivity contribution < 1.29 is 0 Å². The summed E-state index contributed by atoms with van der Waals surface area (Å²) < 4.78 is 0. The first-order valence-electron chi connectivity index (χ1n) is 20.6. The second-order valence-corrected chi connectivity index (χ2v) is 15.2. The molecule has 0 fully saturated rings. The van der Waals surface area contributed by atoms with E-state index < -0.39 is 0 Å². The third-order valence-electron chi connectivity index (χ3n) is 11.4. The van der Waals surface area contributed by atoms with Crippen molar-refractivity contribution in [3.8, 4) is 67.0 Å². The Morgan fingerprint density at radius 1 is 0.317 bits per heavy atom. The number of hydrogen-bond donors (Lipinski definition) is 2. The first-order valence-corrected chi connectivity index (χ1v) is 20.6. The molecule has 1 aliphatic rings. The van der Waals surface area contributed by atoms with Crippen LogP contribution in [-0.2, 0) is 0 Å². The number of pyridine rings is 1. The normalized spacial score (nSPS) is 14.8. The van der Waals surface area contributed by atoms with Gasteiger partial charge in [-0.15, -0.1) is 0 Å². The number of nitrogens with one attached hydrogen (secondary N) is 2. The van der Waals surface area contributed by atoms with Gasteiger partial charge in [0.1, 0.15) is 6.17 Å². The Balaban J connectivity index is 1.14. The predicted octanol–water partition coefficient (Wildman–Crippen LogP) is 14.1. The van der Waals surface area contributed by atoms with Crippen molar-refractivity contribution in [3.05, 3.63) is 253 Å². The Morgan fingerprint density at radius 3 is 1.23 bits per heavy atom. The fourth-order valence-electron chi connectivity index (χ4n) is 8.45. The van der Waals surface area contributed by atoms with E-state index in [1.54, 1.807) is 0 Å². The Bertz CT molecular complexity index is 2770. The van der Waals surface area contributed by atoms with Crippen molar-refractivity contribution in [3.63, 3.8) is 0 Å². The van der Waals surface area contributed by atoms with Crippen LogP contribution in [-0.4, -0.2) is 4.98 Å². The highest BCUT2D eigenvalue weighted by Gasteiger charge is 2.27. The second-order valence-electron chi connectivity index (χ2n) is 15.2. The standard InChI is InChI=1S/C57H43N3/c1-7-20-40(21-8-1)48-32-19-33-49(38-48)51-39-50(41-22-9-2-10-23-41)58-57(59-51)47-36-34-44(35-37-47)52-53(42-24-11-3-12-25-42)55(45-28-15-5-16-29-45)60-56(46-30-17-6-18-31-46)54(52)43-26-13-4-14-27-43/h1-39,51,57-59H. The molecule has 3 heteroatoms. The molecule has 0 spiro atoms. The van der Waals surface area contributed by atoms with Crippen LogP contribution in [0.5, 0.6) is 0 Å². The van der Waals surface area contributed by atoms with Gasteiger partial charge in [-0.3, -0.25) is 5.32 Å². The molecule has 1 aromatic heterocycles. The molecule has 0 bridgehead atoms. The summed E-state index contributed by atoms with van der Waals surface area (Å²) in [7, 11) is 0. The first-order chi connectivity index (χ1) is 29.8. The molecule has 1 aliphatic heterocycles. The van der Waals surface area contributed by atoms with Crippen LogP contribution in [0.15, 0.2) is 237 Å². The van der Waals surface area contributed by atoms with Crippen molar-refractivity contribution in [2.75, 3.05) is 0 Å². The monoisotopic (exact) mass is 769 g/mol. The summed E-state index contributed by atoms with van der Waals surface area (Å²) in [5.41, 5.74) is 17.8. The summed E-state index contributed by atoms with van der Waals surface area (Å²) in [6.07, 6.45) is 2.17. The molecule has 2 atom stereocenters. The molecule has 2 N–H and O–H groups in total. The molecular weight excluding hydrogens is 727 g/mol. The Morgan fingerprint density at radius 2 is 0.733 bits per heavy atom. The molecule has 0 aliphatic carbocycles. The number of rotatable bonds is 9. The Hall–Kier alpha value is -7.59. The first kappa shape index (κ1) is 36.7. The molecular formula is C57H43N3. The third kappa shape index (κ3) is 7.46. The average Bonchev–Trinajstić information content (AvgIpc) is 3.35. The van der Waals surface area contributed by atoms with Crippen LogP contribution in [0.1, 0.15) is 28.9 Å². The van der Waals surface area contributed by atoms with E-state index in [0.29, 0.717) is 0 Å². The highest BCUT2D eigenvalue weighted by Crippen LogP contribution is 2.48. The van der Waals surface area contributed by atoms with Gasteiger partial charge in [-0.25, -0.2) is 4.98 Å². The molecule has 2 heterocycles. The molecule has 0 saturated heterocycles. The minimum absolute atomic E-state index is 0.0220. The van der Waals surface area contributed by atoms with Gasteiger partial charge in [-0.2, -0.15) is 0 Å². The zero-order valence-corrected chi connectivity index (χ0v) is 33.1. The highest BCUT2D eigenvalue weighted by molar-refractivity contribution is 6.04. The molecule has 0 radical (unpaired) electrons. The van der Waals surface area contributed by atoms with Crippen LogP contribution in [0.4, 0.5) is 0 Å². The summed E-state index contributed by atoms with van der Waals surface area (Å²) in [4.78, 5) is 5.62. The van der Waals surface area contributed by atoms with Crippen LogP contribution in [0.3, 0.4) is 0 Å². The summed E-state index contributed by atoms with van der Waals surface area (Å²) in [6, 6.07) is 81.9. The van der Waals surface area contributed by atoms with E-state index in [2.05, 4.69) is 247 Å². The fraction of sp³-hybridized carbons (Fsp3) is 0.0351. The summed E-state index contributed by atoms with van der Waals surface area (Å²) in [5, 5.41) is 7.83. The van der Waals surface area contributed by atoms with Crippen LogP contribution in [0.2, 0.25) is 0 Å². The molecule has 9 aromatic rings. The van der Waals surface area contributed by atoms with Crippen molar-refractivity contribution in [1.82, 2.24) is 15.6 Å². The van der Waals surface area contributed by atoms with Crippen molar-refractivity contribution >= 4 is 5.70 Å². The number of benzene rings is 8. The topological polar surface area (TPSA) is 37.0 Å². The van der Waals surface area contributed by atoms with Gasteiger partial charge in [-0.05, 0) is 56.6 Å². The molecule has 8 aromatic carbocycles. The van der Waals surface area contributed by atoms with Gasteiger partial charge >= 0.3 is 0 Å². The zero-order valence-electron chi connectivity index (χ0n) is 33.1. The van der Waals surface area contributed by atoms with Gasteiger partial charge < -0.3 is 5.32 Å². The van der Waals surface area contributed by atoms with Gasteiger partial charge in [0.2, 0.25) is 0 Å². The highest BCUT2D eigenvalue weighted by atomic mass is 15.2. The van der Waals surface area contributed by atoms with E-state index in [9.17, 15) is 0 Å². The third-order valence-corrected chi connectivity index (χ3v) is 11.4. The predicted molar refractivity (Wildman–Crippen MR) is 249 cm³/mol. The van der Waals surface area contributed by atoms with Crippen LogP contribution >= 0.6 is 0 Å². The van der Waals surface area contributed by atoms with Gasteiger partial charge in [0, 0.05) is 33.5 Å². The molecule has 2 unspecified atom stereocenters. The Labute approximate surface area is 352 Å². The van der Waals surface area contributed by atoms with Crippen molar-refractivity contribution in [2.24, 2.45) is 0 Å². The SMILES string of the molecule is C1=C(c2ccccc2)NC(c2ccc(-c3c(-c4ccccc4)c(-c4ccccc4)nc(-c4ccccc4)c3-c3ccccc3)cc2)NC1c1cccc(-c2ccccc2)c1. The number of aromatic nitrogens is 1. The van der Waals surface area contributed by atoms with Crippen molar-refractivity contribution in [2.45, 2.75) is 12.2 Å². The average molecular weight is 770 g/mol. The maximum atomic E-state index is 5.62. The number of nitrogens with zero attached hydrogens (tertiary/aromatic N) is 1. The summed E-state index contributed by atoms with van der Waals surface area (Å²) in [6.45, 7) is 0. The molecule has 0 amide bonds. The molecule has 60 heavy (non-hydrogen) atoms. The van der Waals surface area contributed by atoms with E-state index in [1.807, 2.05) is 0 Å². The van der Waals surface area contributed by atoms with E-state index >= 15 is 0 Å². The largest absolute Gasteiger partial charge is 0.366 e. The van der Waals surface area contributed by atoms with Crippen LogP contribution in [0.25, 0.3) is 72.7 Å². The fourth-order valence-corrected chi connectivity index (χ4v) is 8.45. The minimum atomic E-state index is -0.149. The summed E-state index contributed by atoms with van der Waals surface area (Å²) in [5.74, 6) is 0. The zero-order chi connectivity index (χ0) is 40.1. The number of hydrogen-bond acceptors (Lipinski definition) is 3. The van der Waals surface area contributed by atoms with Gasteiger partial charge in [-0.1, -0.05) is 224 Å².